The van der Waals surface area contributed by atoms with Crippen molar-refractivity contribution >= 4 is 39.9 Å². The summed E-state index contributed by atoms with van der Waals surface area (Å²) in [5.74, 6) is 0.544. The highest BCUT2D eigenvalue weighted by Gasteiger charge is 2.49. The van der Waals surface area contributed by atoms with Gasteiger partial charge in [-0.25, -0.2) is 8.78 Å². The van der Waals surface area contributed by atoms with E-state index in [1.54, 1.807) is 12.4 Å². The minimum Gasteiger partial charge on any atom is -0.489 e. The number of ether oxygens (including phenoxy) is 2. The minimum absolute atomic E-state index is 0.0513. The van der Waals surface area contributed by atoms with Crippen molar-refractivity contribution in [2.75, 3.05) is 44.3 Å². The van der Waals surface area contributed by atoms with Crippen LogP contribution < -0.4 is 19.7 Å². The first kappa shape index (κ1) is 28.0. The van der Waals surface area contributed by atoms with Crippen LogP contribution in [0.25, 0.3) is 22.0 Å². The van der Waals surface area contributed by atoms with E-state index in [-0.39, 0.29) is 52.3 Å². The summed E-state index contributed by atoms with van der Waals surface area (Å²) < 4.78 is 44.2. The maximum absolute atomic E-state index is 17.0. The Bertz CT molecular complexity index is 1610. The van der Waals surface area contributed by atoms with Crippen molar-refractivity contribution in [1.82, 2.24) is 25.2 Å². The van der Waals surface area contributed by atoms with Crippen molar-refractivity contribution in [1.29, 1.82) is 0 Å². The van der Waals surface area contributed by atoms with Crippen molar-refractivity contribution in [3.8, 4) is 22.9 Å². The fraction of sp³-hybridized carbons (Fsp3) is 0.581. The molecule has 1 N–H and O–H groups in total. The zero-order valence-corrected chi connectivity index (χ0v) is 25.5. The van der Waals surface area contributed by atoms with Gasteiger partial charge in [-0.15, -0.1) is 0 Å². The summed E-state index contributed by atoms with van der Waals surface area (Å²) in [5, 5.41) is 4.68. The van der Waals surface area contributed by atoms with Gasteiger partial charge in [-0.3, -0.25) is 9.88 Å². The molecule has 0 radical (unpaired) electrons. The number of anilines is 1. The molecule has 1 saturated carbocycles. The molecule has 12 heteroatoms. The van der Waals surface area contributed by atoms with Gasteiger partial charge in [-0.1, -0.05) is 30.1 Å². The molecule has 43 heavy (non-hydrogen) atoms. The average Bonchev–Trinajstić information content (AvgIpc) is 3.72. The zero-order chi connectivity index (χ0) is 29.5. The maximum atomic E-state index is 17.0. The molecule has 0 bridgehead atoms. The number of halogens is 4. The molecule has 3 saturated heterocycles. The van der Waals surface area contributed by atoms with E-state index in [4.69, 9.17) is 37.7 Å². The smallest absolute Gasteiger partial charge is 0.319 e. The molecule has 4 atom stereocenters. The standard InChI is InChI=1S/C31H34Cl2F2N6O2/c1-2-18-13-41-19(9-37-18)14-42-28-24-27(26(35)23(25(28)33)20-10-36-11-21(32)22(20)16-4-5-16)38-30(39-29(24)41)43-15-31-6-3-7-40(31)12-17(34)8-31/h10-11,16-19,37H,2-9,12-15H2,1H3/t17-,18-,19+,31+/m1/s1. The molecule has 1 aromatic carbocycles. The van der Waals surface area contributed by atoms with Gasteiger partial charge in [0.1, 0.15) is 30.7 Å². The lowest BCUT2D eigenvalue weighted by molar-refractivity contribution is 0.107. The predicted octanol–water partition coefficient (Wildman–Crippen LogP) is 5.92. The Labute approximate surface area is 259 Å². The van der Waals surface area contributed by atoms with E-state index < -0.39 is 12.0 Å². The Hall–Kier alpha value is -2.53. The Morgan fingerprint density at radius 1 is 1.21 bits per heavy atom. The highest BCUT2D eigenvalue weighted by Crippen LogP contribution is 2.53. The van der Waals surface area contributed by atoms with E-state index in [1.165, 1.54) is 0 Å². The molecule has 0 amide bonds. The van der Waals surface area contributed by atoms with Crippen LogP contribution in [-0.4, -0.2) is 83.0 Å². The van der Waals surface area contributed by atoms with Crippen molar-refractivity contribution in [2.45, 2.75) is 75.2 Å². The second-order valence-corrected chi connectivity index (χ2v) is 13.5. The molecule has 8 rings (SSSR count). The number of hydrogen-bond acceptors (Lipinski definition) is 8. The van der Waals surface area contributed by atoms with Gasteiger partial charge in [0.2, 0.25) is 0 Å². The van der Waals surface area contributed by atoms with Crippen LogP contribution in [0.15, 0.2) is 12.4 Å². The number of nitrogens with one attached hydrogen (secondary N) is 1. The van der Waals surface area contributed by atoms with Gasteiger partial charge in [0, 0.05) is 55.6 Å². The summed E-state index contributed by atoms with van der Waals surface area (Å²) in [4.78, 5) is 18.2. The fourth-order valence-electron chi connectivity index (χ4n) is 7.68. The first-order valence-corrected chi connectivity index (χ1v) is 16.1. The Balaban J connectivity index is 1.30. The van der Waals surface area contributed by atoms with E-state index in [0.717, 1.165) is 44.2 Å². The molecule has 4 fully saturated rings. The van der Waals surface area contributed by atoms with Crippen molar-refractivity contribution in [3.63, 3.8) is 0 Å². The SMILES string of the molecule is CC[C@@H]1CN2c3nc(OC[C@@]45CCCN4C[C@H](F)C5)nc4c(F)c(-c5cncc(Cl)c5C5CC5)c(Cl)c(c34)OC[C@@H]2CN1. The van der Waals surface area contributed by atoms with E-state index in [0.29, 0.717) is 60.2 Å². The van der Waals surface area contributed by atoms with Crippen molar-refractivity contribution in [3.05, 3.63) is 33.8 Å². The third-order valence-electron chi connectivity index (χ3n) is 10.1. The first-order chi connectivity index (χ1) is 20.9. The third-order valence-corrected chi connectivity index (χ3v) is 10.7. The fourth-order valence-corrected chi connectivity index (χ4v) is 8.33. The molecular formula is C31H34Cl2F2N6O2. The molecule has 228 valence electrons. The Morgan fingerprint density at radius 3 is 2.88 bits per heavy atom. The molecule has 6 heterocycles. The maximum Gasteiger partial charge on any atom is 0.319 e. The Kier molecular flexibility index (Phi) is 6.85. The summed E-state index contributed by atoms with van der Waals surface area (Å²) in [6.45, 7) is 5.34. The largest absolute Gasteiger partial charge is 0.489 e. The van der Waals surface area contributed by atoms with Crippen molar-refractivity contribution in [2.24, 2.45) is 0 Å². The lowest BCUT2D eigenvalue weighted by atomic mass is 9.95. The van der Waals surface area contributed by atoms with Gasteiger partial charge in [-0.05, 0) is 50.1 Å². The van der Waals surface area contributed by atoms with Crippen LogP contribution in [0.3, 0.4) is 0 Å². The van der Waals surface area contributed by atoms with Gasteiger partial charge in [0.25, 0.3) is 0 Å². The molecule has 1 aliphatic carbocycles. The number of hydrogen-bond donors (Lipinski definition) is 1. The lowest BCUT2D eigenvalue weighted by Gasteiger charge is -2.39. The van der Waals surface area contributed by atoms with Gasteiger partial charge in [0.15, 0.2) is 11.6 Å². The van der Waals surface area contributed by atoms with Gasteiger partial charge in [0.05, 0.1) is 27.0 Å². The first-order valence-electron chi connectivity index (χ1n) is 15.4. The third kappa shape index (κ3) is 4.54. The zero-order valence-electron chi connectivity index (χ0n) is 24.0. The van der Waals surface area contributed by atoms with Crippen LogP contribution in [0.1, 0.15) is 56.9 Å². The van der Waals surface area contributed by atoms with Crippen LogP contribution in [-0.2, 0) is 0 Å². The molecule has 8 nitrogen and oxygen atoms in total. The number of piperazine rings is 1. The number of pyridine rings is 1. The molecule has 5 aliphatic rings. The second kappa shape index (κ2) is 10.5. The van der Waals surface area contributed by atoms with Gasteiger partial charge >= 0.3 is 6.01 Å². The van der Waals surface area contributed by atoms with Crippen LogP contribution in [0.5, 0.6) is 11.8 Å². The number of aromatic nitrogens is 3. The van der Waals surface area contributed by atoms with Crippen LogP contribution in [0.2, 0.25) is 10.0 Å². The molecule has 4 aliphatic heterocycles. The summed E-state index contributed by atoms with van der Waals surface area (Å²) in [6.07, 6.45) is 7.47. The number of nitrogens with zero attached hydrogens (tertiary/aromatic N) is 5. The van der Waals surface area contributed by atoms with Crippen molar-refractivity contribution < 1.29 is 18.3 Å². The van der Waals surface area contributed by atoms with E-state index in [1.807, 2.05) is 0 Å². The molecule has 0 unspecified atom stereocenters. The Morgan fingerprint density at radius 2 is 2.07 bits per heavy atom. The average molecular weight is 632 g/mol. The van der Waals surface area contributed by atoms with Crippen LogP contribution in [0.4, 0.5) is 14.6 Å². The van der Waals surface area contributed by atoms with Gasteiger partial charge < -0.3 is 19.7 Å². The summed E-state index contributed by atoms with van der Waals surface area (Å²) >= 11 is 13.7. The number of benzene rings is 1. The summed E-state index contributed by atoms with van der Waals surface area (Å²) in [6, 6.07) is 0.254. The lowest BCUT2D eigenvalue weighted by Crippen LogP contribution is -2.58. The second-order valence-electron chi connectivity index (χ2n) is 12.7. The normalized spacial score (nSPS) is 28.5. The van der Waals surface area contributed by atoms with E-state index in [2.05, 4.69) is 32.0 Å². The monoisotopic (exact) mass is 630 g/mol. The summed E-state index contributed by atoms with van der Waals surface area (Å²) in [5.41, 5.74) is 1.27. The van der Waals surface area contributed by atoms with E-state index in [9.17, 15) is 4.39 Å². The number of fused-ring (bicyclic) bond motifs is 3. The predicted molar refractivity (Wildman–Crippen MR) is 162 cm³/mol. The van der Waals surface area contributed by atoms with Crippen LogP contribution in [0, 0.1) is 5.82 Å². The highest BCUT2D eigenvalue weighted by atomic mass is 35.5. The van der Waals surface area contributed by atoms with E-state index >= 15 is 4.39 Å². The topological polar surface area (TPSA) is 75.6 Å². The molecular weight excluding hydrogens is 597 g/mol. The summed E-state index contributed by atoms with van der Waals surface area (Å²) in [7, 11) is 0. The minimum atomic E-state index is -0.882. The molecule has 2 aromatic heterocycles. The number of rotatable bonds is 6. The molecule has 0 spiro atoms. The highest BCUT2D eigenvalue weighted by molar-refractivity contribution is 6.37. The quantitative estimate of drug-likeness (QED) is 0.360. The molecule has 3 aromatic rings. The van der Waals surface area contributed by atoms with Gasteiger partial charge in [-0.2, -0.15) is 9.97 Å². The number of alkyl halides is 1. The van der Waals surface area contributed by atoms with Crippen LogP contribution >= 0.6 is 23.2 Å².